The molecule has 0 spiro atoms. The van der Waals surface area contributed by atoms with Gasteiger partial charge in [0.25, 0.3) is 0 Å². The second-order valence-electron chi connectivity index (χ2n) is 4.51. The number of aliphatic hydroxyl groups excluding tert-OH is 1. The number of hydrogen-bond donors (Lipinski definition) is 2. The summed E-state index contributed by atoms with van der Waals surface area (Å²) < 4.78 is 39.7. The van der Waals surface area contributed by atoms with E-state index in [0.717, 1.165) is 0 Å². The number of sulfonamides is 1. The van der Waals surface area contributed by atoms with E-state index in [9.17, 15) is 12.8 Å². The van der Waals surface area contributed by atoms with Crippen LogP contribution in [0.5, 0.6) is 0 Å². The fourth-order valence-corrected chi connectivity index (χ4v) is 3.32. The molecule has 0 radical (unpaired) electrons. The van der Waals surface area contributed by atoms with E-state index in [1.807, 2.05) is 0 Å². The average Bonchev–Trinajstić information content (AvgIpc) is 2.24. The highest BCUT2D eigenvalue weighted by atomic mass is 32.2. The summed E-state index contributed by atoms with van der Waals surface area (Å²) in [6, 6.07) is 2.38. The topological polar surface area (TPSA) is 66.4 Å². The fourth-order valence-electron chi connectivity index (χ4n) is 1.71. The van der Waals surface area contributed by atoms with Crippen LogP contribution >= 0.6 is 0 Å². The van der Waals surface area contributed by atoms with E-state index in [1.54, 1.807) is 20.8 Å². The van der Waals surface area contributed by atoms with Gasteiger partial charge in [0.15, 0.2) is 0 Å². The lowest BCUT2D eigenvalue weighted by Gasteiger charge is -2.14. The fraction of sp³-hybridized carbons (Fsp3) is 0.500. The molecule has 0 fully saturated rings. The Labute approximate surface area is 107 Å². The molecular weight excluding hydrogens is 257 g/mol. The van der Waals surface area contributed by atoms with E-state index in [2.05, 4.69) is 4.72 Å². The molecule has 102 valence electrons. The molecule has 0 aliphatic carbocycles. The number of hydrogen-bond acceptors (Lipinski definition) is 3. The number of benzene rings is 1. The second kappa shape index (κ2) is 5.77. The highest BCUT2D eigenvalue weighted by Crippen LogP contribution is 2.21. The zero-order valence-electron chi connectivity index (χ0n) is 10.7. The smallest absolute Gasteiger partial charge is 0.241 e. The maximum Gasteiger partial charge on any atom is 0.241 e. The molecule has 0 saturated carbocycles. The van der Waals surface area contributed by atoms with E-state index in [0.29, 0.717) is 11.1 Å². The maximum absolute atomic E-state index is 13.1. The predicted molar refractivity (Wildman–Crippen MR) is 67.3 cm³/mol. The summed E-state index contributed by atoms with van der Waals surface area (Å²) >= 11 is 0. The minimum atomic E-state index is -3.67. The number of halogens is 1. The van der Waals surface area contributed by atoms with Gasteiger partial charge in [-0.05, 0) is 43.0 Å². The Balaban J connectivity index is 3.06. The summed E-state index contributed by atoms with van der Waals surface area (Å²) in [4.78, 5) is 0.106. The first kappa shape index (κ1) is 15.1. The van der Waals surface area contributed by atoms with Crippen LogP contribution in [0.3, 0.4) is 0 Å². The van der Waals surface area contributed by atoms with E-state index in [1.165, 1.54) is 12.1 Å². The lowest BCUT2D eigenvalue weighted by Crippen LogP contribution is -2.30. The molecule has 1 aromatic carbocycles. The summed E-state index contributed by atoms with van der Waals surface area (Å²) in [7, 11) is -3.67. The van der Waals surface area contributed by atoms with Gasteiger partial charge in [-0.25, -0.2) is 17.5 Å². The number of aryl methyl sites for hydroxylation is 2. The van der Waals surface area contributed by atoms with Crippen molar-refractivity contribution in [2.75, 3.05) is 13.2 Å². The third-order valence-electron chi connectivity index (χ3n) is 2.63. The number of rotatable bonds is 5. The van der Waals surface area contributed by atoms with Crippen molar-refractivity contribution in [3.05, 3.63) is 29.1 Å². The standard InChI is InChI=1S/C12H18FNO3S/c1-8(7-15)6-14-18(16,17)12-9(2)4-11(13)5-10(12)3/h4-5,8,14-15H,6-7H2,1-3H3. The minimum absolute atomic E-state index is 0.0934. The van der Waals surface area contributed by atoms with Crippen molar-refractivity contribution in [1.82, 2.24) is 4.72 Å². The lowest BCUT2D eigenvalue weighted by molar-refractivity contribution is 0.238. The SMILES string of the molecule is Cc1cc(F)cc(C)c1S(=O)(=O)NCC(C)CO. The van der Waals surface area contributed by atoms with Gasteiger partial charge in [0.05, 0.1) is 4.90 Å². The van der Waals surface area contributed by atoms with Crippen LogP contribution in [0, 0.1) is 25.6 Å². The van der Waals surface area contributed by atoms with Crippen LogP contribution in [0.4, 0.5) is 4.39 Å². The van der Waals surface area contributed by atoms with Crippen molar-refractivity contribution in [3.8, 4) is 0 Å². The Hall–Kier alpha value is -0.980. The van der Waals surface area contributed by atoms with Gasteiger partial charge < -0.3 is 5.11 Å². The molecule has 1 atom stereocenters. The Morgan fingerprint density at radius 1 is 1.33 bits per heavy atom. The predicted octanol–water partition coefficient (Wildman–Crippen LogP) is 1.35. The van der Waals surface area contributed by atoms with Crippen molar-refractivity contribution in [2.24, 2.45) is 5.92 Å². The molecule has 6 heteroatoms. The highest BCUT2D eigenvalue weighted by molar-refractivity contribution is 7.89. The summed E-state index contributed by atoms with van der Waals surface area (Å²) in [5, 5.41) is 8.86. The monoisotopic (exact) mass is 275 g/mol. The first-order valence-corrected chi connectivity index (χ1v) is 7.13. The summed E-state index contributed by atoms with van der Waals surface area (Å²) in [6.07, 6.45) is 0. The van der Waals surface area contributed by atoms with E-state index < -0.39 is 15.8 Å². The van der Waals surface area contributed by atoms with Crippen molar-refractivity contribution < 1.29 is 17.9 Å². The Morgan fingerprint density at radius 3 is 2.28 bits per heavy atom. The molecule has 0 bridgehead atoms. The van der Waals surface area contributed by atoms with Crippen molar-refractivity contribution in [2.45, 2.75) is 25.7 Å². The largest absolute Gasteiger partial charge is 0.396 e. The van der Waals surface area contributed by atoms with Crippen LogP contribution in [0.2, 0.25) is 0 Å². The zero-order valence-corrected chi connectivity index (χ0v) is 11.5. The van der Waals surface area contributed by atoms with Gasteiger partial charge in [0, 0.05) is 13.2 Å². The molecule has 1 aromatic rings. The molecule has 4 nitrogen and oxygen atoms in total. The molecule has 0 saturated heterocycles. The number of aliphatic hydroxyl groups is 1. The summed E-state index contributed by atoms with van der Waals surface area (Å²) in [6.45, 7) is 4.89. The van der Waals surface area contributed by atoms with Gasteiger partial charge in [0.2, 0.25) is 10.0 Å². The first-order chi connectivity index (χ1) is 8.27. The Kier molecular flexibility index (Phi) is 4.84. The van der Waals surface area contributed by atoms with Crippen molar-refractivity contribution >= 4 is 10.0 Å². The van der Waals surface area contributed by atoms with Crippen LogP contribution in [-0.4, -0.2) is 26.7 Å². The Morgan fingerprint density at radius 2 is 1.83 bits per heavy atom. The molecule has 0 aliphatic heterocycles. The van der Waals surface area contributed by atoms with Crippen molar-refractivity contribution in [1.29, 1.82) is 0 Å². The van der Waals surface area contributed by atoms with Gasteiger partial charge in [-0.15, -0.1) is 0 Å². The summed E-state index contributed by atoms with van der Waals surface area (Å²) in [5.41, 5.74) is 0.744. The molecule has 2 N–H and O–H groups in total. The molecular formula is C12H18FNO3S. The molecule has 1 unspecified atom stereocenters. The van der Waals surface area contributed by atoms with Crippen LogP contribution in [0.25, 0.3) is 0 Å². The van der Waals surface area contributed by atoms with Gasteiger partial charge in [0.1, 0.15) is 5.82 Å². The van der Waals surface area contributed by atoms with Gasteiger partial charge in [-0.3, -0.25) is 0 Å². The lowest BCUT2D eigenvalue weighted by atomic mass is 10.1. The molecule has 1 rings (SSSR count). The highest BCUT2D eigenvalue weighted by Gasteiger charge is 2.20. The average molecular weight is 275 g/mol. The quantitative estimate of drug-likeness (QED) is 0.852. The molecule has 0 heterocycles. The maximum atomic E-state index is 13.1. The van der Waals surface area contributed by atoms with Crippen LogP contribution in [0.15, 0.2) is 17.0 Å². The van der Waals surface area contributed by atoms with Crippen LogP contribution in [0.1, 0.15) is 18.1 Å². The van der Waals surface area contributed by atoms with Crippen LogP contribution < -0.4 is 4.72 Å². The first-order valence-electron chi connectivity index (χ1n) is 5.65. The zero-order chi connectivity index (χ0) is 13.9. The van der Waals surface area contributed by atoms with Gasteiger partial charge >= 0.3 is 0 Å². The normalized spacial score (nSPS) is 13.6. The van der Waals surface area contributed by atoms with E-state index in [4.69, 9.17) is 5.11 Å². The van der Waals surface area contributed by atoms with Crippen molar-refractivity contribution in [3.63, 3.8) is 0 Å². The third kappa shape index (κ3) is 3.51. The summed E-state index contributed by atoms with van der Waals surface area (Å²) in [5.74, 6) is -0.617. The van der Waals surface area contributed by atoms with Gasteiger partial charge in [-0.2, -0.15) is 0 Å². The third-order valence-corrected chi connectivity index (χ3v) is 4.36. The van der Waals surface area contributed by atoms with E-state index in [-0.39, 0.29) is 24.0 Å². The molecule has 0 aliphatic rings. The number of nitrogens with one attached hydrogen (secondary N) is 1. The molecule has 18 heavy (non-hydrogen) atoms. The van der Waals surface area contributed by atoms with Crippen LogP contribution in [-0.2, 0) is 10.0 Å². The second-order valence-corrected chi connectivity index (χ2v) is 6.21. The molecule has 0 amide bonds. The minimum Gasteiger partial charge on any atom is -0.396 e. The van der Waals surface area contributed by atoms with Gasteiger partial charge in [-0.1, -0.05) is 6.92 Å². The van der Waals surface area contributed by atoms with E-state index >= 15 is 0 Å². The Bertz CT molecular complexity index is 505. The molecule has 0 aromatic heterocycles.